The van der Waals surface area contributed by atoms with E-state index in [1.54, 1.807) is 0 Å². The molecule has 23 heavy (non-hydrogen) atoms. The molecule has 0 amide bonds. The third-order valence-electron chi connectivity index (χ3n) is 4.16. The highest BCUT2D eigenvalue weighted by atomic mass is 79.9. The molecule has 0 aliphatic carbocycles. The largest absolute Gasteiger partial charge is 0.353 e. The monoisotopic (exact) mass is 372 g/mol. The fourth-order valence-electron chi connectivity index (χ4n) is 2.65. The van der Waals surface area contributed by atoms with Crippen LogP contribution in [0.5, 0.6) is 0 Å². The number of hydrogen-bond donors (Lipinski definition) is 0. The molecule has 118 valence electrons. The molecule has 6 nitrogen and oxygen atoms in total. The number of aromatic nitrogens is 3. The molecule has 0 atom stereocenters. The van der Waals surface area contributed by atoms with Crippen LogP contribution in [-0.4, -0.2) is 41.4 Å². The summed E-state index contributed by atoms with van der Waals surface area (Å²) in [7, 11) is 0. The molecule has 0 N–H and O–H groups in total. The number of anilines is 2. The zero-order chi connectivity index (χ0) is 16.4. The Hall–Kier alpha value is -2.20. The van der Waals surface area contributed by atoms with E-state index >= 15 is 0 Å². The molecule has 0 unspecified atom stereocenters. The van der Waals surface area contributed by atoms with E-state index in [1.807, 2.05) is 32.2 Å². The van der Waals surface area contributed by atoms with Crippen molar-refractivity contribution in [2.45, 2.75) is 13.8 Å². The van der Waals surface area contributed by atoms with Crippen LogP contribution in [0.1, 0.15) is 16.8 Å². The van der Waals surface area contributed by atoms with Crippen molar-refractivity contribution >= 4 is 27.6 Å². The summed E-state index contributed by atoms with van der Waals surface area (Å²) < 4.78 is 0.976. The summed E-state index contributed by atoms with van der Waals surface area (Å²) in [5.41, 5.74) is 2.35. The summed E-state index contributed by atoms with van der Waals surface area (Å²) in [6.07, 6.45) is 1.81. The van der Waals surface area contributed by atoms with Crippen molar-refractivity contribution < 1.29 is 0 Å². The van der Waals surface area contributed by atoms with Crippen LogP contribution in [0.25, 0.3) is 0 Å². The lowest BCUT2D eigenvalue weighted by Crippen LogP contribution is -2.47. The highest BCUT2D eigenvalue weighted by molar-refractivity contribution is 9.10. The van der Waals surface area contributed by atoms with Crippen molar-refractivity contribution in [2.75, 3.05) is 36.0 Å². The predicted octanol–water partition coefficient (Wildman–Crippen LogP) is 2.45. The molecule has 1 saturated heterocycles. The molecular formula is C16H17BrN6. The van der Waals surface area contributed by atoms with Gasteiger partial charge in [0.1, 0.15) is 17.5 Å². The molecule has 1 aliphatic heterocycles. The highest BCUT2D eigenvalue weighted by Gasteiger charge is 2.23. The topological polar surface area (TPSA) is 68.9 Å². The van der Waals surface area contributed by atoms with Crippen LogP contribution in [0, 0.1) is 25.2 Å². The van der Waals surface area contributed by atoms with Crippen LogP contribution in [0.2, 0.25) is 0 Å². The number of pyridine rings is 1. The summed E-state index contributed by atoms with van der Waals surface area (Å²) in [6, 6.07) is 6.28. The van der Waals surface area contributed by atoms with Crippen LogP contribution in [0.3, 0.4) is 0 Å². The van der Waals surface area contributed by atoms with Crippen molar-refractivity contribution in [3.05, 3.63) is 39.6 Å². The van der Waals surface area contributed by atoms with Gasteiger partial charge >= 0.3 is 0 Å². The molecule has 3 rings (SSSR count). The second-order valence-electron chi connectivity index (χ2n) is 5.53. The molecule has 0 bridgehead atoms. The van der Waals surface area contributed by atoms with Gasteiger partial charge < -0.3 is 9.80 Å². The van der Waals surface area contributed by atoms with Crippen molar-refractivity contribution in [2.24, 2.45) is 0 Å². The normalized spacial score (nSPS) is 14.7. The van der Waals surface area contributed by atoms with Gasteiger partial charge in [-0.1, -0.05) is 0 Å². The lowest BCUT2D eigenvalue weighted by molar-refractivity contribution is 0.636. The average Bonchev–Trinajstić information content (AvgIpc) is 2.58. The Balaban J connectivity index is 1.76. The molecule has 2 aromatic heterocycles. The van der Waals surface area contributed by atoms with Gasteiger partial charge in [-0.15, -0.1) is 5.10 Å². The van der Waals surface area contributed by atoms with Gasteiger partial charge in [0.2, 0.25) is 0 Å². The molecule has 2 aromatic rings. The first-order valence-corrected chi connectivity index (χ1v) is 8.25. The quantitative estimate of drug-likeness (QED) is 0.806. The second kappa shape index (κ2) is 6.50. The highest BCUT2D eigenvalue weighted by Crippen LogP contribution is 2.23. The van der Waals surface area contributed by atoms with Gasteiger partial charge in [0.15, 0.2) is 5.82 Å². The number of piperazine rings is 1. The summed E-state index contributed by atoms with van der Waals surface area (Å²) in [6.45, 7) is 7.08. The van der Waals surface area contributed by atoms with Gasteiger partial charge in [0.05, 0.1) is 5.69 Å². The number of halogens is 1. The maximum Gasteiger partial charge on any atom is 0.169 e. The van der Waals surface area contributed by atoms with E-state index in [1.165, 1.54) is 0 Å². The zero-order valence-electron chi connectivity index (χ0n) is 13.1. The van der Waals surface area contributed by atoms with E-state index in [4.69, 9.17) is 0 Å². The molecular weight excluding hydrogens is 356 g/mol. The summed E-state index contributed by atoms with van der Waals surface area (Å²) in [4.78, 5) is 8.81. The Kier molecular flexibility index (Phi) is 4.44. The van der Waals surface area contributed by atoms with Gasteiger partial charge in [0, 0.05) is 36.8 Å². The summed E-state index contributed by atoms with van der Waals surface area (Å²) in [5, 5.41) is 17.9. The minimum Gasteiger partial charge on any atom is -0.353 e. The lowest BCUT2D eigenvalue weighted by atomic mass is 10.1. The van der Waals surface area contributed by atoms with Crippen LogP contribution in [0.15, 0.2) is 22.8 Å². The van der Waals surface area contributed by atoms with E-state index in [9.17, 15) is 5.26 Å². The van der Waals surface area contributed by atoms with E-state index in [0.717, 1.165) is 47.7 Å². The Bertz CT molecular complexity index is 744. The average molecular weight is 373 g/mol. The molecule has 1 aliphatic rings. The van der Waals surface area contributed by atoms with Crippen molar-refractivity contribution in [3.8, 4) is 6.07 Å². The number of hydrogen-bond acceptors (Lipinski definition) is 6. The zero-order valence-corrected chi connectivity index (χ0v) is 14.7. The van der Waals surface area contributed by atoms with Gasteiger partial charge in [-0.05, 0) is 47.5 Å². The second-order valence-corrected chi connectivity index (χ2v) is 6.45. The van der Waals surface area contributed by atoms with Crippen LogP contribution >= 0.6 is 15.9 Å². The predicted molar refractivity (Wildman–Crippen MR) is 92.6 cm³/mol. The number of rotatable bonds is 2. The Morgan fingerprint density at radius 1 is 1.09 bits per heavy atom. The minimum absolute atomic E-state index is 0.632. The summed E-state index contributed by atoms with van der Waals surface area (Å²) in [5.74, 6) is 1.67. The molecule has 1 fully saturated rings. The van der Waals surface area contributed by atoms with Gasteiger partial charge in [-0.2, -0.15) is 10.4 Å². The first-order chi connectivity index (χ1) is 11.1. The Labute approximate surface area is 143 Å². The third-order valence-corrected chi connectivity index (χ3v) is 4.63. The van der Waals surface area contributed by atoms with Crippen molar-refractivity contribution in [3.63, 3.8) is 0 Å². The molecule has 3 heterocycles. The van der Waals surface area contributed by atoms with E-state index in [-0.39, 0.29) is 0 Å². The lowest BCUT2D eigenvalue weighted by Gasteiger charge is -2.36. The minimum atomic E-state index is 0.632. The molecule has 0 saturated carbocycles. The Morgan fingerprint density at radius 3 is 2.39 bits per heavy atom. The van der Waals surface area contributed by atoms with Crippen molar-refractivity contribution in [1.82, 2.24) is 15.2 Å². The number of aryl methyl sites for hydroxylation is 1. The van der Waals surface area contributed by atoms with Crippen LogP contribution in [0.4, 0.5) is 11.6 Å². The van der Waals surface area contributed by atoms with Crippen molar-refractivity contribution in [1.29, 1.82) is 5.26 Å². The molecule has 0 radical (unpaired) electrons. The van der Waals surface area contributed by atoms with Crippen LogP contribution in [-0.2, 0) is 0 Å². The first-order valence-electron chi connectivity index (χ1n) is 7.45. The summed E-state index contributed by atoms with van der Waals surface area (Å²) >= 11 is 3.40. The van der Waals surface area contributed by atoms with E-state index in [2.05, 4.69) is 47.0 Å². The fraction of sp³-hybridized carbons (Fsp3) is 0.375. The SMILES string of the molecule is Cc1nnc(N2CCN(c3ccc(Br)cn3)CC2)c(C#N)c1C. The maximum absolute atomic E-state index is 9.44. The molecule has 0 spiro atoms. The van der Waals surface area contributed by atoms with Gasteiger partial charge in [0.25, 0.3) is 0 Å². The van der Waals surface area contributed by atoms with E-state index < -0.39 is 0 Å². The fourth-order valence-corrected chi connectivity index (χ4v) is 2.89. The molecule has 7 heteroatoms. The van der Waals surface area contributed by atoms with Crippen LogP contribution < -0.4 is 9.80 Å². The standard InChI is InChI=1S/C16H17BrN6/c1-11-12(2)20-21-16(14(11)9-18)23-7-5-22(6-8-23)15-4-3-13(17)10-19-15/h3-4,10H,5-8H2,1-2H3. The first kappa shape index (κ1) is 15.7. The van der Waals surface area contributed by atoms with E-state index in [0.29, 0.717) is 11.4 Å². The van der Waals surface area contributed by atoms with Gasteiger partial charge in [-0.25, -0.2) is 4.98 Å². The van der Waals surface area contributed by atoms with Gasteiger partial charge in [-0.3, -0.25) is 0 Å². The molecule has 0 aromatic carbocycles. The number of nitriles is 1. The maximum atomic E-state index is 9.44. The Morgan fingerprint density at radius 2 is 1.78 bits per heavy atom. The third kappa shape index (κ3) is 3.13. The smallest absolute Gasteiger partial charge is 0.169 e. The number of nitrogens with zero attached hydrogens (tertiary/aromatic N) is 6.